The first-order valence-electron chi connectivity index (χ1n) is 6.13. The van der Waals surface area contributed by atoms with Gasteiger partial charge in [0.2, 0.25) is 0 Å². The predicted octanol–water partition coefficient (Wildman–Crippen LogP) is 1.15. The van der Waals surface area contributed by atoms with E-state index in [4.69, 9.17) is 0 Å². The van der Waals surface area contributed by atoms with Gasteiger partial charge in [-0.15, -0.1) is 0 Å². The quantitative estimate of drug-likeness (QED) is 0.799. The molecular weight excluding hydrogens is 214 g/mol. The normalized spacial score (nSPS) is 25.3. The van der Waals surface area contributed by atoms with Crippen LogP contribution in [0.3, 0.4) is 0 Å². The minimum atomic E-state index is 0.495. The van der Waals surface area contributed by atoms with Crippen molar-refractivity contribution in [3.8, 4) is 0 Å². The Morgan fingerprint density at radius 1 is 1.47 bits per heavy atom. The average Bonchev–Trinajstić information content (AvgIpc) is 2.76. The number of hydrogen-bond acceptors (Lipinski definition) is 4. The molecule has 1 fully saturated rings. The molecule has 2 atom stereocenters. The Bertz CT molecular complexity index is 533. The standard InChI is InChI=1S/C12H17N5/c1-8-3-4-13-6-10(8)11-5-9(2)16-12-14-7-15-17(11)12/h5,7-8,10,13H,3-4,6H2,1-2H3/t8-,10-/m1/s1. The molecule has 1 N–H and O–H groups in total. The SMILES string of the molecule is Cc1cc([C@@H]2CNCC[C@H]2C)n2ncnc2n1. The lowest BCUT2D eigenvalue weighted by molar-refractivity contribution is 0.338. The number of nitrogens with zero attached hydrogens (tertiary/aromatic N) is 4. The zero-order valence-corrected chi connectivity index (χ0v) is 10.2. The molecule has 1 saturated heterocycles. The lowest BCUT2D eigenvalue weighted by atomic mass is 9.85. The van der Waals surface area contributed by atoms with Gasteiger partial charge in [0.15, 0.2) is 0 Å². The van der Waals surface area contributed by atoms with E-state index in [1.54, 1.807) is 6.33 Å². The summed E-state index contributed by atoms with van der Waals surface area (Å²) < 4.78 is 1.88. The van der Waals surface area contributed by atoms with Crippen molar-refractivity contribution in [2.24, 2.45) is 5.92 Å². The summed E-state index contributed by atoms with van der Waals surface area (Å²) in [6.07, 6.45) is 2.79. The molecule has 90 valence electrons. The Balaban J connectivity index is 2.11. The van der Waals surface area contributed by atoms with Crippen molar-refractivity contribution in [1.82, 2.24) is 24.9 Å². The van der Waals surface area contributed by atoms with Crippen molar-refractivity contribution in [3.63, 3.8) is 0 Å². The lowest BCUT2D eigenvalue weighted by Gasteiger charge is -2.29. The summed E-state index contributed by atoms with van der Waals surface area (Å²) in [6.45, 7) is 6.45. The summed E-state index contributed by atoms with van der Waals surface area (Å²) in [5, 5.41) is 7.74. The highest BCUT2D eigenvalue weighted by Crippen LogP contribution is 2.28. The molecule has 0 radical (unpaired) electrons. The number of aryl methyl sites for hydroxylation is 1. The molecule has 0 saturated carbocycles. The van der Waals surface area contributed by atoms with Crippen molar-refractivity contribution < 1.29 is 0 Å². The molecule has 3 heterocycles. The molecule has 0 aromatic carbocycles. The Kier molecular flexibility index (Phi) is 2.55. The maximum absolute atomic E-state index is 4.39. The van der Waals surface area contributed by atoms with Gasteiger partial charge < -0.3 is 5.32 Å². The molecule has 2 aromatic rings. The zero-order valence-electron chi connectivity index (χ0n) is 10.2. The fourth-order valence-corrected chi connectivity index (χ4v) is 2.61. The third-order valence-corrected chi connectivity index (χ3v) is 3.61. The van der Waals surface area contributed by atoms with Crippen LogP contribution in [-0.4, -0.2) is 32.7 Å². The van der Waals surface area contributed by atoms with Gasteiger partial charge in [0.25, 0.3) is 5.78 Å². The van der Waals surface area contributed by atoms with Crippen molar-refractivity contribution in [1.29, 1.82) is 0 Å². The highest BCUT2D eigenvalue weighted by Gasteiger charge is 2.25. The van der Waals surface area contributed by atoms with Crippen LogP contribution >= 0.6 is 0 Å². The van der Waals surface area contributed by atoms with Crippen LogP contribution in [0.25, 0.3) is 5.78 Å². The van der Waals surface area contributed by atoms with E-state index in [1.807, 2.05) is 11.4 Å². The van der Waals surface area contributed by atoms with Gasteiger partial charge in [-0.1, -0.05) is 6.92 Å². The van der Waals surface area contributed by atoms with Crippen LogP contribution in [0.15, 0.2) is 12.4 Å². The number of hydrogen-bond donors (Lipinski definition) is 1. The largest absolute Gasteiger partial charge is 0.316 e. The predicted molar refractivity (Wildman–Crippen MR) is 64.9 cm³/mol. The summed E-state index contributed by atoms with van der Waals surface area (Å²) in [6, 6.07) is 2.13. The number of fused-ring (bicyclic) bond motifs is 1. The maximum Gasteiger partial charge on any atom is 0.252 e. The monoisotopic (exact) mass is 231 g/mol. The fraction of sp³-hybridized carbons (Fsp3) is 0.583. The molecular formula is C12H17N5. The molecule has 5 heteroatoms. The molecule has 1 aliphatic heterocycles. The van der Waals surface area contributed by atoms with E-state index in [0.29, 0.717) is 17.6 Å². The third-order valence-electron chi connectivity index (χ3n) is 3.61. The van der Waals surface area contributed by atoms with Crippen LogP contribution in [0.4, 0.5) is 0 Å². The summed E-state index contributed by atoms with van der Waals surface area (Å²) >= 11 is 0. The van der Waals surface area contributed by atoms with Crippen molar-refractivity contribution in [3.05, 3.63) is 23.8 Å². The number of aromatic nitrogens is 4. The number of piperidine rings is 1. The molecule has 1 aliphatic rings. The molecule has 2 aromatic heterocycles. The molecule has 0 aliphatic carbocycles. The molecule has 3 rings (SSSR count). The first-order valence-corrected chi connectivity index (χ1v) is 6.13. The van der Waals surface area contributed by atoms with E-state index in [-0.39, 0.29) is 0 Å². The Morgan fingerprint density at radius 2 is 2.35 bits per heavy atom. The van der Waals surface area contributed by atoms with Crippen molar-refractivity contribution in [2.75, 3.05) is 13.1 Å². The summed E-state index contributed by atoms with van der Waals surface area (Å²) in [4.78, 5) is 8.57. The zero-order chi connectivity index (χ0) is 11.8. The van der Waals surface area contributed by atoms with E-state index in [9.17, 15) is 0 Å². The number of nitrogens with one attached hydrogen (secondary N) is 1. The first-order chi connectivity index (χ1) is 8.25. The number of rotatable bonds is 1. The lowest BCUT2D eigenvalue weighted by Crippen LogP contribution is -2.35. The van der Waals surface area contributed by atoms with Crippen LogP contribution in [0.1, 0.15) is 30.7 Å². The highest BCUT2D eigenvalue weighted by molar-refractivity contribution is 5.31. The molecule has 0 bridgehead atoms. The van der Waals surface area contributed by atoms with E-state index < -0.39 is 0 Å². The second-order valence-corrected chi connectivity index (χ2v) is 4.87. The summed E-state index contributed by atoms with van der Waals surface area (Å²) in [5.74, 6) is 1.87. The summed E-state index contributed by atoms with van der Waals surface area (Å²) in [5.41, 5.74) is 2.24. The van der Waals surface area contributed by atoms with Crippen molar-refractivity contribution in [2.45, 2.75) is 26.2 Å². The molecule has 0 unspecified atom stereocenters. The van der Waals surface area contributed by atoms with Crippen LogP contribution in [0.5, 0.6) is 0 Å². The first kappa shape index (κ1) is 10.7. The van der Waals surface area contributed by atoms with Crippen LogP contribution in [0.2, 0.25) is 0 Å². The van der Waals surface area contributed by atoms with E-state index in [2.05, 4.69) is 33.4 Å². The Hall–Kier alpha value is -1.49. The van der Waals surface area contributed by atoms with Gasteiger partial charge in [0.05, 0.1) is 5.69 Å². The smallest absolute Gasteiger partial charge is 0.252 e. The second kappa shape index (κ2) is 4.07. The second-order valence-electron chi connectivity index (χ2n) is 4.87. The van der Waals surface area contributed by atoms with Gasteiger partial charge in [-0.3, -0.25) is 0 Å². The Morgan fingerprint density at radius 3 is 3.18 bits per heavy atom. The van der Waals surface area contributed by atoms with Gasteiger partial charge in [0, 0.05) is 18.2 Å². The average molecular weight is 231 g/mol. The minimum Gasteiger partial charge on any atom is -0.316 e. The van der Waals surface area contributed by atoms with E-state index in [1.165, 1.54) is 12.1 Å². The van der Waals surface area contributed by atoms with E-state index >= 15 is 0 Å². The van der Waals surface area contributed by atoms with Gasteiger partial charge in [-0.2, -0.15) is 10.1 Å². The Labute approximate surface area is 100 Å². The van der Waals surface area contributed by atoms with E-state index in [0.717, 1.165) is 18.8 Å². The maximum atomic E-state index is 4.39. The van der Waals surface area contributed by atoms with Crippen LogP contribution < -0.4 is 5.32 Å². The molecule has 0 spiro atoms. The van der Waals surface area contributed by atoms with Crippen LogP contribution in [0, 0.1) is 12.8 Å². The topological polar surface area (TPSA) is 55.1 Å². The van der Waals surface area contributed by atoms with Gasteiger partial charge in [0.1, 0.15) is 6.33 Å². The van der Waals surface area contributed by atoms with Crippen LogP contribution in [-0.2, 0) is 0 Å². The third kappa shape index (κ3) is 1.80. The van der Waals surface area contributed by atoms with Gasteiger partial charge in [-0.25, -0.2) is 9.50 Å². The summed E-state index contributed by atoms with van der Waals surface area (Å²) in [7, 11) is 0. The fourth-order valence-electron chi connectivity index (χ4n) is 2.61. The highest BCUT2D eigenvalue weighted by atomic mass is 15.3. The molecule has 0 amide bonds. The van der Waals surface area contributed by atoms with Gasteiger partial charge >= 0.3 is 0 Å². The van der Waals surface area contributed by atoms with Gasteiger partial charge in [-0.05, 0) is 31.9 Å². The van der Waals surface area contributed by atoms with Crippen molar-refractivity contribution >= 4 is 5.78 Å². The molecule has 5 nitrogen and oxygen atoms in total. The molecule has 17 heavy (non-hydrogen) atoms. The minimum absolute atomic E-state index is 0.495.